The van der Waals surface area contributed by atoms with Crippen molar-refractivity contribution in [1.82, 2.24) is 21.3 Å². The Morgan fingerprint density at radius 2 is 1.38 bits per heavy atom. The van der Waals surface area contributed by atoms with Crippen LogP contribution >= 0.6 is 11.8 Å². The Balaban J connectivity index is 0.806. The molecule has 438 valence electrons. The second kappa shape index (κ2) is 29.3. The Bertz CT molecular complexity index is 2110. The molecule has 76 heavy (non-hydrogen) atoms. The van der Waals surface area contributed by atoms with Crippen molar-refractivity contribution < 1.29 is 82.3 Å². The number of unbranched alkanes of at least 4 members (excludes halogenated alkanes) is 1. The predicted molar refractivity (Wildman–Crippen MR) is 280 cm³/mol. The number of amides is 4. The molecule has 0 aromatic heterocycles. The van der Waals surface area contributed by atoms with Gasteiger partial charge < -0.3 is 50.1 Å². The number of fused-ring (bicyclic) bond motifs is 6. The molecule has 6 aliphatic rings. The van der Waals surface area contributed by atoms with Gasteiger partial charge in [-0.05, 0) is 111 Å². The van der Waals surface area contributed by atoms with Crippen LogP contribution in [0.4, 0.5) is 4.79 Å². The molecule has 0 aromatic rings. The summed E-state index contributed by atoms with van der Waals surface area (Å²) in [5, 5.41) is 24.0. The number of thioether (sulfide) groups is 1. The second-order valence-electron chi connectivity index (χ2n) is 22.7. The second-order valence-corrected chi connectivity index (χ2v) is 26.1. The zero-order valence-electron chi connectivity index (χ0n) is 45.0. The van der Waals surface area contributed by atoms with Gasteiger partial charge in [-0.15, -0.1) is 0 Å². The summed E-state index contributed by atoms with van der Waals surface area (Å²) < 4.78 is 103. The number of rotatable bonds is 34. The maximum Gasteiger partial charge on any atom is 0.397 e. The summed E-state index contributed by atoms with van der Waals surface area (Å²) in [5.74, 6) is 0.674. The van der Waals surface area contributed by atoms with Crippen molar-refractivity contribution in [2.24, 2.45) is 52.3 Å². The minimum atomic E-state index is -4.90. The van der Waals surface area contributed by atoms with Crippen LogP contribution in [-0.2, 0) is 67.2 Å². The summed E-state index contributed by atoms with van der Waals surface area (Å²) in [6.07, 6.45) is 7.63. The number of hydrogen-bond donors (Lipinski definition) is 7. The average Bonchev–Trinajstić information content (AvgIpc) is 4.06. The molecule has 0 bridgehead atoms. The Labute approximate surface area is 454 Å². The van der Waals surface area contributed by atoms with Crippen LogP contribution in [0.2, 0.25) is 0 Å². The number of aliphatic hydroxyl groups is 1. The van der Waals surface area contributed by atoms with Gasteiger partial charge in [-0.2, -0.15) is 28.6 Å². The molecule has 2 aliphatic heterocycles. The summed E-state index contributed by atoms with van der Waals surface area (Å²) in [6, 6.07) is 0.311. The van der Waals surface area contributed by atoms with Gasteiger partial charge in [0.25, 0.3) is 0 Å². The molecular weight excluding hydrogens is 1050 g/mol. The van der Waals surface area contributed by atoms with Gasteiger partial charge in [0.1, 0.15) is 12.2 Å². The van der Waals surface area contributed by atoms with Gasteiger partial charge >= 0.3 is 32.8 Å². The van der Waals surface area contributed by atoms with Crippen LogP contribution in [-0.4, -0.2) is 169 Å². The van der Waals surface area contributed by atoms with E-state index in [1.165, 1.54) is 0 Å². The smallest absolute Gasteiger partial charge is 0.397 e. The molecule has 7 N–H and O–H groups in total. The van der Waals surface area contributed by atoms with Crippen LogP contribution in [0.3, 0.4) is 0 Å². The number of ether oxygens (including phenoxy) is 5. The topological polar surface area (TPSA) is 310 Å². The highest BCUT2D eigenvalue weighted by Gasteiger charge is 2.65. The van der Waals surface area contributed by atoms with E-state index in [0.29, 0.717) is 76.1 Å². The minimum Gasteiger partial charge on any atom is -0.459 e. The third-order valence-electron chi connectivity index (χ3n) is 17.7. The van der Waals surface area contributed by atoms with Gasteiger partial charge in [0.2, 0.25) is 11.8 Å². The molecule has 4 amide bonds. The monoisotopic (exact) mass is 1140 g/mol. The molecule has 15 atom stereocenters. The van der Waals surface area contributed by atoms with E-state index < -0.39 is 56.4 Å². The number of esters is 1. The number of carbonyl (C=O) groups excluding carboxylic acids is 4. The molecule has 3 unspecified atom stereocenters. The van der Waals surface area contributed by atoms with Crippen molar-refractivity contribution >= 4 is 56.4 Å². The van der Waals surface area contributed by atoms with Gasteiger partial charge in [0, 0.05) is 42.9 Å². The van der Waals surface area contributed by atoms with E-state index in [-0.39, 0.29) is 111 Å². The fraction of sp³-hybridized carbons (Fsp3) is 0.922. The summed E-state index contributed by atoms with van der Waals surface area (Å²) in [5.41, 5.74) is -0.409. The molecule has 25 heteroatoms. The van der Waals surface area contributed by atoms with Crippen LogP contribution in [0.1, 0.15) is 130 Å². The Hall–Kier alpha value is -2.43. The lowest BCUT2D eigenvalue weighted by molar-refractivity contribution is -0.215. The summed E-state index contributed by atoms with van der Waals surface area (Å²) >= 11 is 1.88. The Kier molecular flexibility index (Phi) is 24.2. The fourth-order valence-electron chi connectivity index (χ4n) is 14.0. The van der Waals surface area contributed by atoms with E-state index >= 15 is 0 Å². The first-order valence-corrected chi connectivity index (χ1v) is 31.5. The number of urea groups is 1. The van der Waals surface area contributed by atoms with Crippen LogP contribution in [0, 0.1) is 52.3 Å². The van der Waals surface area contributed by atoms with Crippen LogP contribution < -0.4 is 21.3 Å². The van der Waals surface area contributed by atoms with E-state index in [2.05, 4.69) is 46.2 Å². The maximum absolute atomic E-state index is 13.4. The molecule has 0 spiro atoms. The van der Waals surface area contributed by atoms with Crippen molar-refractivity contribution in [3.8, 4) is 0 Å². The van der Waals surface area contributed by atoms with Crippen LogP contribution in [0.25, 0.3) is 0 Å². The first kappa shape index (κ1) is 62.8. The zero-order valence-corrected chi connectivity index (χ0v) is 47.4. The first-order valence-electron chi connectivity index (χ1n) is 27.8. The molecule has 0 radical (unpaired) electrons. The van der Waals surface area contributed by atoms with Crippen molar-refractivity contribution in [1.29, 1.82) is 0 Å². The summed E-state index contributed by atoms with van der Waals surface area (Å²) in [7, 11) is -9.37. The van der Waals surface area contributed by atoms with Gasteiger partial charge in [0.05, 0.1) is 84.1 Å². The highest BCUT2D eigenvalue weighted by molar-refractivity contribution is 8.00. The van der Waals surface area contributed by atoms with Gasteiger partial charge in [-0.1, -0.05) is 47.0 Å². The normalized spacial score (nSPS) is 32.7. The largest absolute Gasteiger partial charge is 0.459 e. The molecule has 22 nitrogen and oxygen atoms in total. The summed E-state index contributed by atoms with van der Waals surface area (Å²) in [6.45, 7) is 11.6. The van der Waals surface area contributed by atoms with Crippen molar-refractivity contribution in [3.63, 3.8) is 0 Å². The highest BCUT2D eigenvalue weighted by atomic mass is 32.3. The number of nitrogens with one attached hydrogen (secondary N) is 4. The molecule has 4 saturated carbocycles. The number of hydrogen-bond acceptors (Lipinski definition) is 17. The minimum absolute atomic E-state index is 0.00159. The average molecular weight is 1140 g/mol. The summed E-state index contributed by atoms with van der Waals surface area (Å²) in [4.78, 5) is 49.7. The number of carbonyl (C=O) groups is 4. The van der Waals surface area contributed by atoms with Crippen molar-refractivity contribution in [2.45, 2.75) is 166 Å². The molecule has 6 rings (SSSR count). The quantitative estimate of drug-likeness (QED) is 0.0203. The predicted octanol–water partition coefficient (Wildman–Crippen LogP) is 4.39. The number of aliphatic hydroxyl groups excluding tert-OH is 1. The molecule has 0 aromatic carbocycles. The van der Waals surface area contributed by atoms with Crippen LogP contribution in [0.5, 0.6) is 0 Å². The lowest BCUT2D eigenvalue weighted by atomic mass is 9.43. The SMILES string of the molecule is C[C@@H](CCC[C@@H](C)[C@H]1CC[C@H]2[C@@H]3[C@H](O)C[C@H]4[C@@H](OC(=O)CCNC(=O)CCOCCOCCOCCOCCNC(=O)CCCCC5SCC6NC(=O)NC65)[C@H](OS(=O)(=O)O)CC[C@]4(C)[C@H]3CC[C@]12C)COS(=O)(=O)O. The Morgan fingerprint density at radius 1 is 0.737 bits per heavy atom. The molecule has 4 aliphatic carbocycles. The standard InChI is InChI=1S/C51H88N4O18S3/c1-33(31-71-75(61,62)63)8-7-9-34(2)35-12-13-36-46-37(14-18-50(35,36)3)51(4)19-15-41(73-76(64,65)66)48(38(51)30-40(46)56)72-45(59)16-20-52-44(58)17-22-67-24-26-69-28-29-70-27-25-68-23-21-53-43(57)11-6-5-10-42-47-39(32-74-42)54-49(60)55-47/h33-42,46-48,56H,5-32H2,1-4H3,(H,52,58)(H,53,57)(H2,54,55,60)(H,61,62,63)(H,64,65,66)/t33-,34+,35+,36-,37-,38-,39?,40+,41+,42?,46-,47?,48+,50+,51+/m0/s1. The van der Waals surface area contributed by atoms with E-state index in [1.54, 1.807) is 0 Å². The van der Waals surface area contributed by atoms with Crippen molar-refractivity contribution in [2.75, 3.05) is 78.3 Å². The zero-order chi connectivity index (χ0) is 55.1. The third-order valence-corrected chi connectivity index (χ3v) is 20.2. The third kappa shape index (κ3) is 18.3. The van der Waals surface area contributed by atoms with Crippen LogP contribution in [0.15, 0.2) is 0 Å². The first-order chi connectivity index (χ1) is 36.1. The highest BCUT2D eigenvalue weighted by Crippen LogP contribution is 2.69. The van der Waals surface area contributed by atoms with Gasteiger partial charge in [0.15, 0.2) is 0 Å². The fourth-order valence-corrected chi connectivity index (χ4v) is 16.5. The van der Waals surface area contributed by atoms with E-state index in [4.69, 9.17) is 32.4 Å². The van der Waals surface area contributed by atoms with E-state index in [9.17, 15) is 45.7 Å². The lowest BCUT2D eigenvalue weighted by Gasteiger charge is -2.63. The van der Waals surface area contributed by atoms with Crippen molar-refractivity contribution in [3.05, 3.63) is 0 Å². The molecule has 6 fully saturated rings. The van der Waals surface area contributed by atoms with Gasteiger partial charge in [-0.3, -0.25) is 23.5 Å². The molecular formula is C51H88N4O18S3. The molecule has 2 saturated heterocycles. The lowest BCUT2D eigenvalue weighted by Crippen LogP contribution is -2.63. The molecule has 2 heterocycles. The van der Waals surface area contributed by atoms with E-state index in [0.717, 1.165) is 70.0 Å². The maximum atomic E-state index is 13.4. The van der Waals surface area contributed by atoms with E-state index in [1.807, 2.05) is 18.7 Å². The van der Waals surface area contributed by atoms with Gasteiger partial charge in [-0.25, -0.2) is 13.2 Å². The Morgan fingerprint density at radius 3 is 2.08 bits per heavy atom.